The van der Waals surface area contributed by atoms with Crippen LogP contribution in [0.15, 0.2) is 55.0 Å². The van der Waals surface area contributed by atoms with Crippen molar-refractivity contribution in [3.63, 3.8) is 0 Å². The summed E-state index contributed by atoms with van der Waals surface area (Å²) < 4.78 is 3.49. The summed E-state index contributed by atoms with van der Waals surface area (Å²) in [5.74, 6) is -1.15. The van der Waals surface area contributed by atoms with Crippen LogP contribution in [0.1, 0.15) is 10.4 Å². The first-order valence-corrected chi connectivity index (χ1v) is 8.05. The number of amides is 1. The monoisotopic (exact) mass is 348 g/mol. The third-order valence-electron chi connectivity index (χ3n) is 4.38. The van der Waals surface area contributed by atoms with Crippen LogP contribution in [0, 0.1) is 0 Å². The summed E-state index contributed by atoms with van der Waals surface area (Å²) in [5, 5.41) is 13.5. The van der Waals surface area contributed by atoms with Gasteiger partial charge in [0.05, 0.1) is 16.8 Å². The normalized spacial score (nSPS) is 11.1. The summed E-state index contributed by atoms with van der Waals surface area (Å²) in [6.07, 6.45) is 5.18. The first-order valence-electron chi connectivity index (χ1n) is 8.05. The number of carbonyl (C=O) groups is 2. The van der Waals surface area contributed by atoms with Crippen molar-refractivity contribution < 1.29 is 14.7 Å². The lowest BCUT2D eigenvalue weighted by molar-refractivity contribution is -0.137. The highest BCUT2D eigenvalue weighted by Gasteiger charge is 2.15. The van der Waals surface area contributed by atoms with Gasteiger partial charge in [-0.25, -0.2) is 4.98 Å². The molecule has 0 spiro atoms. The second kappa shape index (κ2) is 6.03. The highest BCUT2D eigenvalue weighted by Crippen LogP contribution is 2.26. The van der Waals surface area contributed by atoms with E-state index in [4.69, 9.17) is 5.11 Å². The van der Waals surface area contributed by atoms with E-state index in [0.29, 0.717) is 11.3 Å². The molecule has 0 aliphatic carbocycles. The number of anilines is 1. The highest BCUT2D eigenvalue weighted by atomic mass is 16.4. The van der Waals surface area contributed by atoms with E-state index in [-0.39, 0.29) is 12.5 Å². The van der Waals surface area contributed by atoms with Gasteiger partial charge in [0, 0.05) is 36.4 Å². The van der Waals surface area contributed by atoms with Crippen molar-refractivity contribution in [1.82, 2.24) is 14.1 Å². The predicted octanol–water partition coefficient (Wildman–Crippen LogP) is 2.86. The Morgan fingerprint density at radius 3 is 2.73 bits per heavy atom. The molecule has 3 heterocycles. The lowest BCUT2D eigenvalue weighted by Crippen LogP contribution is -2.13. The van der Waals surface area contributed by atoms with E-state index in [1.807, 2.05) is 29.9 Å². The van der Waals surface area contributed by atoms with Crippen molar-refractivity contribution in [2.45, 2.75) is 6.54 Å². The van der Waals surface area contributed by atoms with Crippen LogP contribution in [0.3, 0.4) is 0 Å². The number of aliphatic carboxylic acids is 1. The van der Waals surface area contributed by atoms with Crippen LogP contribution in [0.2, 0.25) is 0 Å². The number of fused-ring (bicyclic) bond motifs is 2. The third-order valence-corrected chi connectivity index (χ3v) is 4.38. The van der Waals surface area contributed by atoms with Crippen LogP contribution in [0.5, 0.6) is 0 Å². The van der Waals surface area contributed by atoms with Gasteiger partial charge in [-0.05, 0) is 30.3 Å². The lowest BCUT2D eigenvalue weighted by atomic mass is 10.1. The fraction of sp³-hybridized carbons (Fsp3) is 0.105. The molecular formula is C19H16N4O3. The molecule has 26 heavy (non-hydrogen) atoms. The summed E-state index contributed by atoms with van der Waals surface area (Å²) >= 11 is 0. The minimum Gasteiger partial charge on any atom is -0.480 e. The molecule has 3 aromatic heterocycles. The number of carboxylic acid groups (broad SMARTS) is 1. The van der Waals surface area contributed by atoms with Crippen LogP contribution in [-0.4, -0.2) is 31.1 Å². The number of nitrogens with zero attached hydrogens (tertiary/aromatic N) is 3. The molecule has 4 rings (SSSR count). The number of hydrogen-bond acceptors (Lipinski definition) is 3. The van der Waals surface area contributed by atoms with Crippen molar-refractivity contribution in [3.05, 3.63) is 60.6 Å². The van der Waals surface area contributed by atoms with Gasteiger partial charge in [0.15, 0.2) is 0 Å². The molecule has 1 amide bonds. The Morgan fingerprint density at radius 1 is 1.12 bits per heavy atom. The van der Waals surface area contributed by atoms with Gasteiger partial charge in [-0.2, -0.15) is 0 Å². The first kappa shape index (κ1) is 15.9. The fourth-order valence-corrected chi connectivity index (χ4v) is 3.17. The zero-order chi connectivity index (χ0) is 18.3. The molecule has 0 radical (unpaired) electrons. The Bertz CT molecular complexity index is 1160. The maximum atomic E-state index is 12.8. The molecule has 0 saturated heterocycles. The number of rotatable bonds is 4. The van der Waals surface area contributed by atoms with E-state index in [1.165, 1.54) is 0 Å². The van der Waals surface area contributed by atoms with Crippen LogP contribution in [0.4, 0.5) is 5.69 Å². The molecule has 0 aliphatic rings. The predicted molar refractivity (Wildman–Crippen MR) is 98.2 cm³/mol. The number of hydrogen-bond donors (Lipinski definition) is 2. The van der Waals surface area contributed by atoms with Crippen molar-refractivity contribution >= 4 is 39.5 Å². The molecular weight excluding hydrogens is 332 g/mol. The molecule has 0 bridgehead atoms. The van der Waals surface area contributed by atoms with E-state index >= 15 is 0 Å². The molecule has 2 N–H and O–H groups in total. The van der Waals surface area contributed by atoms with Gasteiger partial charge < -0.3 is 19.6 Å². The summed E-state index contributed by atoms with van der Waals surface area (Å²) in [6.45, 7) is -0.129. The maximum Gasteiger partial charge on any atom is 0.323 e. The van der Waals surface area contributed by atoms with E-state index in [1.54, 1.807) is 41.2 Å². The van der Waals surface area contributed by atoms with Gasteiger partial charge in [-0.1, -0.05) is 6.07 Å². The number of pyridine rings is 1. The van der Waals surface area contributed by atoms with E-state index in [0.717, 1.165) is 21.9 Å². The molecule has 1 aromatic carbocycles. The van der Waals surface area contributed by atoms with Gasteiger partial charge in [0.2, 0.25) is 0 Å². The Hall–Kier alpha value is -3.61. The van der Waals surface area contributed by atoms with Gasteiger partial charge >= 0.3 is 5.97 Å². The van der Waals surface area contributed by atoms with Gasteiger partial charge in [-0.15, -0.1) is 0 Å². The SMILES string of the molecule is Cn1ccc2c(C(=O)Nc3cccc4c3ccn4CC(=O)O)ccnc21. The Labute approximate surface area is 148 Å². The van der Waals surface area contributed by atoms with Crippen molar-refractivity contribution in [2.24, 2.45) is 7.05 Å². The van der Waals surface area contributed by atoms with Crippen LogP contribution < -0.4 is 5.32 Å². The van der Waals surface area contributed by atoms with Gasteiger partial charge in [-0.3, -0.25) is 9.59 Å². The third kappa shape index (κ3) is 2.59. The molecule has 7 nitrogen and oxygen atoms in total. The zero-order valence-corrected chi connectivity index (χ0v) is 14.0. The van der Waals surface area contributed by atoms with Crippen LogP contribution >= 0.6 is 0 Å². The summed E-state index contributed by atoms with van der Waals surface area (Å²) in [5.41, 5.74) is 2.67. The van der Waals surface area contributed by atoms with Crippen LogP contribution in [-0.2, 0) is 18.4 Å². The molecule has 0 saturated carbocycles. The molecule has 0 atom stereocenters. The smallest absolute Gasteiger partial charge is 0.323 e. The molecule has 4 aromatic rings. The minimum absolute atomic E-state index is 0.129. The van der Waals surface area contributed by atoms with E-state index in [9.17, 15) is 9.59 Å². The Balaban J connectivity index is 1.71. The summed E-state index contributed by atoms with van der Waals surface area (Å²) in [6, 6.07) is 10.8. The zero-order valence-electron chi connectivity index (χ0n) is 14.0. The molecule has 7 heteroatoms. The number of aryl methyl sites for hydroxylation is 1. The molecule has 0 aliphatic heterocycles. The molecule has 0 unspecified atom stereocenters. The highest BCUT2D eigenvalue weighted by molar-refractivity contribution is 6.14. The largest absolute Gasteiger partial charge is 0.480 e. The summed E-state index contributed by atoms with van der Waals surface area (Å²) in [4.78, 5) is 28.1. The van der Waals surface area contributed by atoms with Gasteiger partial charge in [0.1, 0.15) is 12.2 Å². The maximum absolute atomic E-state index is 12.8. The quantitative estimate of drug-likeness (QED) is 0.593. The number of carbonyl (C=O) groups excluding carboxylic acids is 1. The topological polar surface area (TPSA) is 89.2 Å². The van der Waals surface area contributed by atoms with E-state index < -0.39 is 5.97 Å². The van der Waals surface area contributed by atoms with Crippen molar-refractivity contribution in [1.29, 1.82) is 0 Å². The van der Waals surface area contributed by atoms with E-state index in [2.05, 4.69) is 10.3 Å². The van der Waals surface area contributed by atoms with Crippen molar-refractivity contribution in [3.8, 4) is 0 Å². The minimum atomic E-state index is -0.916. The average molecular weight is 348 g/mol. The number of benzene rings is 1. The van der Waals surface area contributed by atoms with Gasteiger partial charge in [0.25, 0.3) is 5.91 Å². The second-order valence-electron chi connectivity index (χ2n) is 6.05. The number of aromatic nitrogens is 3. The Morgan fingerprint density at radius 2 is 1.92 bits per heavy atom. The standard InChI is InChI=1S/C19H16N4O3/c1-22-9-6-12-13(5-8-20-18(12)22)19(26)21-15-3-2-4-16-14(15)7-10-23(16)11-17(24)25/h2-10H,11H2,1H3,(H,21,26)(H,24,25). The summed E-state index contributed by atoms with van der Waals surface area (Å²) in [7, 11) is 1.88. The second-order valence-corrected chi connectivity index (χ2v) is 6.05. The number of carboxylic acids is 1. The van der Waals surface area contributed by atoms with Crippen molar-refractivity contribution in [2.75, 3.05) is 5.32 Å². The molecule has 0 fully saturated rings. The average Bonchev–Trinajstić information content (AvgIpc) is 3.19. The fourth-order valence-electron chi connectivity index (χ4n) is 3.17. The lowest BCUT2D eigenvalue weighted by Gasteiger charge is -2.09. The Kier molecular flexibility index (Phi) is 3.69. The molecule has 130 valence electrons. The first-order chi connectivity index (χ1) is 12.5. The number of nitrogens with one attached hydrogen (secondary N) is 1. The van der Waals surface area contributed by atoms with Crippen LogP contribution in [0.25, 0.3) is 21.9 Å².